The molecule has 0 radical (unpaired) electrons. The zero-order valence-corrected chi connectivity index (χ0v) is 11.7. The van der Waals surface area contributed by atoms with Crippen LogP contribution < -0.4 is 0 Å². The van der Waals surface area contributed by atoms with Crippen LogP contribution in [-0.4, -0.2) is 22.6 Å². The first kappa shape index (κ1) is 12.5. The molecule has 0 amide bonds. The molecule has 1 fully saturated rings. The van der Waals surface area contributed by atoms with Crippen molar-refractivity contribution < 1.29 is 9.53 Å². The first-order valence-electron chi connectivity index (χ1n) is 6.37. The van der Waals surface area contributed by atoms with Crippen molar-refractivity contribution in [2.45, 2.75) is 31.7 Å². The van der Waals surface area contributed by atoms with E-state index in [2.05, 4.69) is 9.55 Å². The maximum Gasteiger partial charge on any atom is 0.319 e. The van der Waals surface area contributed by atoms with Gasteiger partial charge in [-0.3, -0.25) is 4.79 Å². The second kappa shape index (κ2) is 4.23. The van der Waals surface area contributed by atoms with Gasteiger partial charge in [-0.1, -0.05) is 11.6 Å². The molecule has 5 heteroatoms. The normalized spacial score (nSPS) is 16.6. The molecule has 0 saturated heterocycles. The molecule has 0 spiro atoms. The lowest BCUT2D eigenvalue weighted by molar-refractivity contribution is -0.144. The molecule has 0 aliphatic heterocycles. The molecule has 100 valence electrons. The number of methoxy groups -OCH3 is 1. The number of aromatic nitrogens is 2. The number of carbonyl (C=O) groups excluding carboxylic acids is 1. The summed E-state index contributed by atoms with van der Waals surface area (Å²) in [6.45, 7) is 2.80. The third-order valence-corrected chi connectivity index (χ3v) is 4.02. The summed E-state index contributed by atoms with van der Waals surface area (Å²) < 4.78 is 6.99. The number of rotatable bonds is 3. The highest BCUT2D eigenvalue weighted by Gasteiger charge is 2.56. The second-order valence-corrected chi connectivity index (χ2v) is 5.32. The van der Waals surface area contributed by atoms with Crippen LogP contribution >= 0.6 is 11.6 Å². The second-order valence-electron chi connectivity index (χ2n) is 4.89. The van der Waals surface area contributed by atoms with Crippen molar-refractivity contribution in [2.24, 2.45) is 0 Å². The lowest BCUT2D eigenvalue weighted by Gasteiger charge is -2.14. The monoisotopic (exact) mass is 278 g/mol. The molecule has 0 unspecified atom stereocenters. The van der Waals surface area contributed by atoms with Crippen molar-refractivity contribution in [3.63, 3.8) is 0 Å². The average Bonchev–Trinajstić information content (AvgIpc) is 3.14. The Morgan fingerprint density at radius 1 is 1.53 bits per heavy atom. The van der Waals surface area contributed by atoms with Gasteiger partial charge in [-0.2, -0.15) is 0 Å². The van der Waals surface area contributed by atoms with Gasteiger partial charge in [0, 0.05) is 11.6 Å². The molecule has 0 bridgehead atoms. The summed E-state index contributed by atoms with van der Waals surface area (Å²) in [5.74, 6) is 0.614. The van der Waals surface area contributed by atoms with Crippen molar-refractivity contribution in [3.8, 4) is 0 Å². The van der Waals surface area contributed by atoms with Crippen LogP contribution in [0.15, 0.2) is 18.2 Å². The molecule has 19 heavy (non-hydrogen) atoms. The summed E-state index contributed by atoms with van der Waals surface area (Å²) in [4.78, 5) is 16.6. The molecule has 3 rings (SSSR count). The Morgan fingerprint density at radius 3 is 2.84 bits per heavy atom. The Balaban J connectivity index is 2.22. The van der Waals surface area contributed by atoms with E-state index in [1.54, 1.807) is 0 Å². The van der Waals surface area contributed by atoms with Gasteiger partial charge in [0.25, 0.3) is 0 Å². The highest BCUT2D eigenvalue weighted by atomic mass is 35.5. The van der Waals surface area contributed by atoms with Crippen LogP contribution in [0.3, 0.4) is 0 Å². The van der Waals surface area contributed by atoms with Gasteiger partial charge in [-0.25, -0.2) is 4.98 Å². The molecule has 0 N–H and O–H groups in total. The lowest BCUT2D eigenvalue weighted by Crippen LogP contribution is -2.26. The highest BCUT2D eigenvalue weighted by Crippen LogP contribution is 2.49. The van der Waals surface area contributed by atoms with Gasteiger partial charge in [0.1, 0.15) is 11.2 Å². The molecular formula is C14H15ClN2O2. The number of ether oxygens (including phenoxy) is 1. The van der Waals surface area contributed by atoms with Gasteiger partial charge < -0.3 is 9.30 Å². The van der Waals surface area contributed by atoms with Gasteiger partial charge in [-0.15, -0.1) is 0 Å². The van der Waals surface area contributed by atoms with Crippen LogP contribution in [0.5, 0.6) is 0 Å². The largest absolute Gasteiger partial charge is 0.468 e. The van der Waals surface area contributed by atoms with E-state index in [1.165, 1.54) is 7.11 Å². The molecule has 0 atom stereocenters. The van der Waals surface area contributed by atoms with Gasteiger partial charge in [-0.05, 0) is 38.0 Å². The molecule has 1 heterocycles. The Morgan fingerprint density at radius 2 is 2.26 bits per heavy atom. The minimum Gasteiger partial charge on any atom is -0.468 e. The number of nitrogens with zero attached hydrogens (tertiary/aromatic N) is 2. The Hall–Kier alpha value is -1.55. The molecule has 1 saturated carbocycles. The van der Waals surface area contributed by atoms with Crippen molar-refractivity contribution in [1.29, 1.82) is 0 Å². The summed E-state index contributed by atoms with van der Waals surface area (Å²) in [5.41, 5.74) is 1.30. The predicted octanol–water partition coefficient (Wildman–Crippen LogP) is 2.91. The number of imidazole rings is 1. The summed E-state index contributed by atoms with van der Waals surface area (Å²) in [7, 11) is 1.43. The maximum atomic E-state index is 12.0. The molecule has 1 aromatic carbocycles. The summed E-state index contributed by atoms with van der Waals surface area (Å²) >= 11 is 6.04. The van der Waals surface area contributed by atoms with Crippen LogP contribution in [0.2, 0.25) is 5.02 Å². The predicted molar refractivity (Wildman–Crippen MR) is 73.3 cm³/mol. The third-order valence-electron chi connectivity index (χ3n) is 3.78. The number of hydrogen-bond acceptors (Lipinski definition) is 3. The van der Waals surface area contributed by atoms with Crippen LogP contribution in [0.1, 0.15) is 25.6 Å². The molecule has 4 nitrogen and oxygen atoms in total. The van der Waals surface area contributed by atoms with E-state index in [-0.39, 0.29) is 5.97 Å². The number of halogens is 1. The van der Waals surface area contributed by atoms with Crippen molar-refractivity contribution in [1.82, 2.24) is 9.55 Å². The molecular weight excluding hydrogens is 264 g/mol. The molecule has 1 aromatic heterocycles. The van der Waals surface area contributed by atoms with Gasteiger partial charge in [0.2, 0.25) is 0 Å². The smallest absolute Gasteiger partial charge is 0.319 e. The number of benzene rings is 1. The van der Waals surface area contributed by atoms with E-state index in [1.807, 2.05) is 25.1 Å². The Labute approximate surface area is 116 Å². The summed E-state index contributed by atoms with van der Waals surface area (Å²) in [6.07, 6.45) is 1.60. The van der Waals surface area contributed by atoms with Crippen LogP contribution in [0, 0.1) is 0 Å². The Kier molecular flexibility index (Phi) is 2.78. The highest BCUT2D eigenvalue weighted by molar-refractivity contribution is 6.31. The summed E-state index contributed by atoms with van der Waals surface area (Å²) in [6, 6.07) is 5.60. The minimum atomic E-state index is -0.545. The maximum absolute atomic E-state index is 12.0. The first-order valence-corrected chi connectivity index (χ1v) is 6.75. The average molecular weight is 279 g/mol. The van der Waals surface area contributed by atoms with Gasteiger partial charge >= 0.3 is 5.97 Å². The topological polar surface area (TPSA) is 44.1 Å². The third kappa shape index (κ3) is 1.74. The number of aryl methyl sites for hydroxylation is 1. The van der Waals surface area contributed by atoms with E-state index < -0.39 is 5.41 Å². The van der Waals surface area contributed by atoms with Gasteiger partial charge in [0.05, 0.1) is 18.1 Å². The van der Waals surface area contributed by atoms with Crippen LogP contribution in [-0.2, 0) is 21.5 Å². The fourth-order valence-corrected chi connectivity index (χ4v) is 2.79. The number of carbonyl (C=O) groups is 1. The fourth-order valence-electron chi connectivity index (χ4n) is 2.62. The van der Waals surface area contributed by atoms with Crippen molar-refractivity contribution >= 4 is 28.6 Å². The van der Waals surface area contributed by atoms with E-state index in [4.69, 9.17) is 16.3 Å². The Bertz CT molecular complexity index is 659. The number of esters is 1. The van der Waals surface area contributed by atoms with Gasteiger partial charge in [0.15, 0.2) is 0 Å². The van der Waals surface area contributed by atoms with Crippen molar-refractivity contribution in [2.75, 3.05) is 7.11 Å². The van der Waals surface area contributed by atoms with E-state index in [0.29, 0.717) is 5.02 Å². The summed E-state index contributed by atoms with van der Waals surface area (Å²) in [5, 5.41) is 0.677. The standard InChI is InChI=1S/C14H15ClN2O2/c1-3-17-11-8-9(15)4-5-10(11)16-12(17)14(6-7-14)13(18)19-2/h4-5,8H,3,6-7H2,1-2H3. The number of hydrogen-bond donors (Lipinski definition) is 0. The minimum absolute atomic E-state index is 0.191. The van der Waals surface area contributed by atoms with Crippen LogP contribution in [0.4, 0.5) is 0 Å². The van der Waals surface area contributed by atoms with E-state index >= 15 is 0 Å². The SMILES string of the molecule is CCn1c(C2(C(=O)OC)CC2)nc2ccc(Cl)cc21. The fraction of sp³-hybridized carbons (Fsp3) is 0.429. The zero-order valence-electron chi connectivity index (χ0n) is 10.9. The van der Waals surface area contributed by atoms with Crippen molar-refractivity contribution in [3.05, 3.63) is 29.0 Å². The molecule has 1 aliphatic rings. The molecule has 1 aliphatic carbocycles. The van der Waals surface area contributed by atoms with Crippen LogP contribution in [0.25, 0.3) is 11.0 Å². The molecule has 2 aromatic rings. The van der Waals surface area contributed by atoms with E-state index in [0.717, 1.165) is 36.2 Å². The lowest BCUT2D eigenvalue weighted by atomic mass is 10.1. The first-order chi connectivity index (χ1) is 9.12. The zero-order chi connectivity index (χ0) is 13.6. The quantitative estimate of drug-likeness (QED) is 0.811. The van der Waals surface area contributed by atoms with E-state index in [9.17, 15) is 4.79 Å². The number of fused-ring (bicyclic) bond motifs is 1.